The van der Waals surface area contributed by atoms with Gasteiger partial charge in [-0.15, -0.1) is 10.2 Å². The lowest BCUT2D eigenvalue weighted by molar-refractivity contribution is 0.102. The number of nitrogens with one attached hydrogen (secondary N) is 1. The minimum atomic E-state index is -0.314. The number of carbonyl (C=O) groups is 1. The van der Waals surface area contributed by atoms with Crippen molar-refractivity contribution in [3.63, 3.8) is 0 Å². The lowest BCUT2D eigenvalue weighted by Crippen LogP contribution is -2.12. The number of ether oxygens (including phenoxy) is 2. The van der Waals surface area contributed by atoms with Crippen LogP contribution >= 0.6 is 34.7 Å². The molecule has 0 aliphatic heterocycles. The highest BCUT2D eigenvalue weighted by molar-refractivity contribution is 8.00. The van der Waals surface area contributed by atoms with Gasteiger partial charge in [-0.25, -0.2) is 0 Å². The number of benzene rings is 2. The minimum Gasteiger partial charge on any atom is -0.497 e. The summed E-state index contributed by atoms with van der Waals surface area (Å²) in [6, 6.07) is 12.6. The summed E-state index contributed by atoms with van der Waals surface area (Å²) in [4.78, 5) is 12.3. The fourth-order valence-corrected chi connectivity index (χ4v) is 4.12. The highest BCUT2D eigenvalue weighted by Crippen LogP contribution is 2.31. The van der Waals surface area contributed by atoms with E-state index in [4.69, 9.17) is 21.1 Å². The predicted molar refractivity (Wildman–Crippen MR) is 108 cm³/mol. The van der Waals surface area contributed by atoms with Crippen molar-refractivity contribution in [1.82, 2.24) is 10.2 Å². The quantitative estimate of drug-likeness (QED) is 0.438. The summed E-state index contributed by atoms with van der Waals surface area (Å²) in [6.07, 6.45) is 0. The van der Waals surface area contributed by atoms with Gasteiger partial charge in [0, 0.05) is 11.8 Å². The monoisotopic (exact) mass is 421 g/mol. The molecular formula is C18H16ClN3O3S2. The number of carbonyl (C=O) groups excluding carboxylic acids is 1. The van der Waals surface area contributed by atoms with Gasteiger partial charge in [-0.2, -0.15) is 0 Å². The first-order chi connectivity index (χ1) is 13.1. The maximum absolute atomic E-state index is 12.3. The van der Waals surface area contributed by atoms with Crippen LogP contribution in [-0.4, -0.2) is 30.3 Å². The molecule has 1 aromatic heterocycles. The molecule has 0 aliphatic carbocycles. The van der Waals surface area contributed by atoms with Gasteiger partial charge in [-0.3, -0.25) is 10.1 Å². The van der Waals surface area contributed by atoms with Gasteiger partial charge in [-0.05, 0) is 29.8 Å². The van der Waals surface area contributed by atoms with Gasteiger partial charge in [0.05, 0.1) is 24.8 Å². The SMILES string of the molecule is COc1cc(CSc2nnc(NC(=O)c3ccccc3Cl)s2)cc(OC)c1. The smallest absolute Gasteiger partial charge is 0.259 e. The molecule has 0 saturated carbocycles. The van der Waals surface area contributed by atoms with E-state index in [2.05, 4.69) is 15.5 Å². The second-order valence-electron chi connectivity index (χ2n) is 5.32. The number of halogens is 1. The molecular weight excluding hydrogens is 406 g/mol. The van der Waals surface area contributed by atoms with Crippen LogP contribution in [-0.2, 0) is 5.75 Å². The maximum atomic E-state index is 12.3. The maximum Gasteiger partial charge on any atom is 0.259 e. The standard InChI is InChI=1S/C18H16ClN3O3S2/c1-24-12-7-11(8-13(9-12)25-2)10-26-18-22-21-17(27-18)20-16(23)14-5-3-4-6-15(14)19/h3-9H,10H2,1-2H3,(H,20,21,23). The average molecular weight is 422 g/mol. The van der Waals surface area contributed by atoms with E-state index in [0.29, 0.717) is 21.5 Å². The molecule has 1 amide bonds. The van der Waals surface area contributed by atoms with E-state index in [1.807, 2.05) is 18.2 Å². The molecule has 0 radical (unpaired) electrons. The third-order valence-corrected chi connectivity index (χ3v) is 5.89. The Kier molecular flexibility index (Phi) is 6.54. The second-order valence-corrected chi connectivity index (χ2v) is 7.92. The van der Waals surface area contributed by atoms with E-state index < -0.39 is 0 Å². The van der Waals surface area contributed by atoms with Crippen molar-refractivity contribution in [2.45, 2.75) is 10.1 Å². The topological polar surface area (TPSA) is 73.3 Å². The summed E-state index contributed by atoms with van der Waals surface area (Å²) in [7, 11) is 3.23. The molecule has 0 saturated heterocycles. The van der Waals surface area contributed by atoms with Crippen LogP contribution in [0.2, 0.25) is 5.02 Å². The number of hydrogen-bond donors (Lipinski definition) is 1. The molecule has 0 spiro atoms. The molecule has 0 fully saturated rings. The molecule has 0 unspecified atom stereocenters. The van der Waals surface area contributed by atoms with E-state index in [1.165, 1.54) is 23.1 Å². The first-order valence-electron chi connectivity index (χ1n) is 7.83. The molecule has 2 aromatic carbocycles. The molecule has 3 aromatic rings. The summed E-state index contributed by atoms with van der Waals surface area (Å²) in [5, 5.41) is 11.7. The summed E-state index contributed by atoms with van der Waals surface area (Å²) < 4.78 is 11.3. The number of methoxy groups -OCH3 is 2. The molecule has 0 atom stereocenters. The Morgan fingerprint density at radius 1 is 1.15 bits per heavy atom. The number of hydrogen-bond acceptors (Lipinski definition) is 7. The largest absolute Gasteiger partial charge is 0.497 e. The Hall–Kier alpha value is -2.29. The third kappa shape index (κ3) is 5.12. The zero-order valence-corrected chi connectivity index (χ0v) is 17.0. The Morgan fingerprint density at radius 3 is 2.52 bits per heavy atom. The van der Waals surface area contributed by atoms with Crippen LogP contribution in [0.25, 0.3) is 0 Å². The van der Waals surface area contributed by atoms with E-state index >= 15 is 0 Å². The Labute approximate surface area is 169 Å². The number of amides is 1. The number of nitrogens with zero attached hydrogens (tertiary/aromatic N) is 2. The fourth-order valence-electron chi connectivity index (χ4n) is 2.22. The minimum absolute atomic E-state index is 0.314. The van der Waals surface area contributed by atoms with Crippen LogP contribution in [0.5, 0.6) is 11.5 Å². The first kappa shape index (κ1) is 19.5. The van der Waals surface area contributed by atoms with Gasteiger partial charge in [0.1, 0.15) is 11.5 Å². The molecule has 1 N–H and O–H groups in total. The van der Waals surface area contributed by atoms with Crippen molar-refractivity contribution in [3.05, 3.63) is 58.6 Å². The summed E-state index contributed by atoms with van der Waals surface area (Å²) in [5.74, 6) is 1.82. The van der Waals surface area contributed by atoms with Gasteiger partial charge in [0.15, 0.2) is 4.34 Å². The van der Waals surface area contributed by atoms with E-state index in [9.17, 15) is 4.79 Å². The van der Waals surface area contributed by atoms with Gasteiger partial charge in [0.25, 0.3) is 5.91 Å². The molecule has 140 valence electrons. The normalized spacial score (nSPS) is 10.5. The summed E-state index contributed by atoms with van der Waals surface area (Å²) in [6.45, 7) is 0. The highest BCUT2D eigenvalue weighted by Gasteiger charge is 2.13. The Bertz CT molecular complexity index is 927. The lowest BCUT2D eigenvalue weighted by atomic mass is 10.2. The van der Waals surface area contributed by atoms with Gasteiger partial charge in [0.2, 0.25) is 5.13 Å². The van der Waals surface area contributed by atoms with Crippen LogP contribution < -0.4 is 14.8 Å². The molecule has 0 aliphatic rings. The lowest BCUT2D eigenvalue weighted by Gasteiger charge is -2.07. The van der Waals surface area contributed by atoms with Crippen LogP contribution in [0.1, 0.15) is 15.9 Å². The molecule has 6 nitrogen and oxygen atoms in total. The fraction of sp³-hybridized carbons (Fsp3) is 0.167. The van der Waals surface area contributed by atoms with Crippen molar-refractivity contribution in [1.29, 1.82) is 0 Å². The Morgan fingerprint density at radius 2 is 1.85 bits per heavy atom. The first-order valence-corrected chi connectivity index (χ1v) is 10.0. The van der Waals surface area contributed by atoms with Crippen LogP contribution in [0, 0.1) is 0 Å². The van der Waals surface area contributed by atoms with E-state index in [-0.39, 0.29) is 5.91 Å². The molecule has 27 heavy (non-hydrogen) atoms. The predicted octanol–water partition coefficient (Wildman–Crippen LogP) is 4.75. The van der Waals surface area contributed by atoms with Crippen LogP contribution in [0.15, 0.2) is 46.8 Å². The van der Waals surface area contributed by atoms with E-state index in [0.717, 1.165) is 21.4 Å². The second kappa shape index (κ2) is 9.07. The zero-order valence-electron chi connectivity index (χ0n) is 14.6. The average Bonchev–Trinajstić information content (AvgIpc) is 3.13. The van der Waals surface area contributed by atoms with Crippen molar-refractivity contribution >= 4 is 45.7 Å². The van der Waals surface area contributed by atoms with Crippen LogP contribution in [0.3, 0.4) is 0 Å². The number of rotatable bonds is 7. The van der Waals surface area contributed by atoms with Gasteiger partial charge < -0.3 is 9.47 Å². The van der Waals surface area contributed by atoms with Gasteiger partial charge >= 0.3 is 0 Å². The molecule has 0 bridgehead atoms. The van der Waals surface area contributed by atoms with E-state index in [1.54, 1.807) is 38.5 Å². The number of anilines is 1. The number of thioether (sulfide) groups is 1. The number of aromatic nitrogens is 2. The zero-order chi connectivity index (χ0) is 19.2. The molecule has 9 heteroatoms. The van der Waals surface area contributed by atoms with Crippen molar-refractivity contribution in [2.24, 2.45) is 0 Å². The highest BCUT2D eigenvalue weighted by atomic mass is 35.5. The van der Waals surface area contributed by atoms with Gasteiger partial charge in [-0.1, -0.05) is 46.8 Å². The molecule has 3 rings (SSSR count). The van der Waals surface area contributed by atoms with Crippen molar-refractivity contribution < 1.29 is 14.3 Å². The van der Waals surface area contributed by atoms with Crippen molar-refractivity contribution in [2.75, 3.05) is 19.5 Å². The summed E-state index contributed by atoms with van der Waals surface area (Å²) >= 11 is 8.86. The Balaban J connectivity index is 1.63. The van der Waals surface area contributed by atoms with Crippen molar-refractivity contribution in [3.8, 4) is 11.5 Å². The third-order valence-electron chi connectivity index (χ3n) is 3.52. The molecule has 1 heterocycles. The summed E-state index contributed by atoms with van der Waals surface area (Å²) in [5.41, 5.74) is 1.43. The van der Waals surface area contributed by atoms with Crippen LogP contribution in [0.4, 0.5) is 5.13 Å².